The smallest absolute Gasteiger partial charge is 0.0508 e. The highest BCUT2D eigenvalue weighted by molar-refractivity contribution is 9.10. The van der Waals surface area contributed by atoms with Crippen molar-refractivity contribution in [1.29, 1.82) is 0 Å². The highest BCUT2D eigenvalue weighted by Gasteiger charge is 2.25. The third-order valence-corrected chi connectivity index (χ3v) is 4.73. The molecule has 1 aliphatic carbocycles. The van der Waals surface area contributed by atoms with Gasteiger partial charge in [-0.25, -0.2) is 0 Å². The molecular weight excluding hydrogens is 316 g/mol. The number of nitrogens with one attached hydrogen (secondary N) is 1. The van der Waals surface area contributed by atoms with Crippen LogP contribution < -0.4 is 10.2 Å². The highest BCUT2D eigenvalue weighted by atomic mass is 79.9. The second-order valence-corrected chi connectivity index (χ2v) is 6.90. The fourth-order valence-electron chi connectivity index (χ4n) is 2.95. The molecule has 1 aromatic carbocycles. The van der Waals surface area contributed by atoms with Crippen LogP contribution >= 0.6 is 15.9 Å². The Morgan fingerprint density at radius 1 is 1.35 bits per heavy atom. The van der Waals surface area contributed by atoms with Crippen molar-refractivity contribution in [3.05, 3.63) is 28.2 Å². The summed E-state index contributed by atoms with van der Waals surface area (Å²) in [5, 5.41) is 3.63. The minimum absolute atomic E-state index is 0.670. The predicted octanol–water partition coefficient (Wildman–Crippen LogP) is 3.17. The summed E-state index contributed by atoms with van der Waals surface area (Å²) in [5.74, 6) is 0.670. The van der Waals surface area contributed by atoms with Crippen LogP contribution in [0.4, 0.5) is 5.69 Å². The Hall–Kier alpha value is -0.580. The van der Waals surface area contributed by atoms with Crippen LogP contribution in [-0.4, -0.2) is 32.8 Å². The van der Waals surface area contributed by atoms with Gasteiger partial charge in [-0.3, -0.25) is 0 Å². The summed E-state index contributed by atoms with van der Waals surface area (Å²) in [5.41, 5.74) is 2.80. The van der Waals surface area contributed by atoms with Crippen LogP contribution in [0.3, 0.4) is 0 Å². The summed E-state index contributed by atoms with van der Waals surface area (Å²) in [7, 11) is 1.80. The normalized spacial score (nSPS) is 22.5. The molecule has 2 fully saturated rings. The lowest BCUT2D eigenvalue weighted by Gasteiger charge is -2.23. The quantitative estimate of drug-likeness (QED) is 0.862. The van der Waals surface area contributed by atoms with Crippen LogP contribution in [0.2, 0.25) is 0 Å². The highest BCUT2D eigenvalue weighted by Crippen LogP contribution is 2.31. The van der Waals surface area contributed by atoms with Crippen LogP contribution in [-0.2, 0) is 11.3 Å². The van der Waals surface area contributed by atoms with Gasteiger partial charge in [0.2, 0.25) is 0 Å². The van der Waals surface area contributed by atoms with Gasteiger partial charge in [0.05, 0.1) is 6.61 Å². The zero-order valence-corrected chi connectivity index (χ0v) is 13.7. The van der Waals surface area contributed by atoms with E-state index in [2.05, 4.69) is 44.3 Å². The molecule has 3 nitrogen and oxygen atoms in total. The van der Waals surface area contributed by atoms with E-state index in [0.29, 0.717) is 5.92 Å². The van der Waals surface area contributed by atoms with E-state index in [9.17, 15) is 0 Å². The monoisotopic (exact) mass is 338 g/mol. The molecule has 20 heavy (non-hydrogen) atoms. The minimum Gasteiger partial charge on any atom is -0.384 e. The largest absolute Gasteiger partial charge is 0.384 e. The first-order valence-corrected chi connectivity index (χ1v) is 8.31. The van der Waals surface area contributed by atoms with Crippen molar-refractivity contribution in [3.8, 4) is 0 Å². The van der Waals surface area contributed by atoms with E-state index < -0.39 is 0 Å². The van der Waals surface area contributed by atoms with Crippen molar-refractivity contribution >= 4 is 21.6 Å². The number of benzene rings is 1. The molecule has 2 aliphatic rings. The lowest BCUT2D eigenvalue weighted by molar-refractivity contribution is 0.161. The van der Waals surface area contributed by atoms with Crippen LogP contribution in [0.25, 0.3) is 0 Å². The van der Waals surface area contributed by atoms with Gasteiger partial charge in [-0.05, 0) is 37.0 Å². The van der Waals surface area contributed by atoms with Gasteiger partial charge >= 0.3 is 0 Å². The fourth-order valence-corrected chi connectivity index (χ4v) is 3.29. The van der Waals surface area contributed by atoms with Gasteiger partial charge in [-0.2, -0.15) is 0 Å². The summed E-state index contributed by atoms with van der Waals surface area (Å²) >= 11 is 3.61. The number of anilines is 1. The molecule has 1 atom stereocenters. The van der Waals surface area contributed by atoms with Crippen molar-refractivity contribution < 1.29 is 4.74 Å². The summed E-state index contributed by atoms with van der Waals surface area (Å²) in [6.45, 7) is 4.11. The van der Waals surface area contributed by atoms with Crippen LogP contribution in [0.15, 0.2) is 22.7 Å². The number of hydrogen-bond acceptors (Lipinski definition) is 3. The molecule has 0 radical (unpaired) electrons. The zero-order valence-electron chi connectivity index (χ0n) is 12.1. The summed E-state index contributed by atoms with van der Waals surface area (Å²) < 4.78 is 6.47. The molecule has 0 spiro atoms. The summed E-state index contributed by atoms with van der Waals surface area (Å²) in [6.07, 6.45) is 3.91. The van der Waals surface area contributed by atoms with E-state index in [1.807, 2.05) is 0 Å². The second-order valence-electron chi connectivity index (χ2n) is 5.98. The number of methoxy groups -OCH3 is 1. The molecule has 1 aromatic rings. The molecule has 1 N–H and O–H groups in total. The van der Waals surface area contributed by atoms with E-state index in [0.717, 1.165) is 36.8 Å². The average Bonchev–Trinajstić information content (AvgIpc) is 3.16. The molecule has 1 aliphatic heterocycles. The molecule has 0 bridgehead atoms. The Morgan fingerprint density at radius 3 is 2.95 bits per heavy atom. The first-order valence-electron chi connectivity index (χ1n) is 7.52. The minimum atomic E-state index is 0.670. The lowest BCUT2D eigenvalue weighted by atomic mass is 10.1. The molecule has 3 rings (SSSR count). The number of halogens is 1. The van der Waals surface area contributed by atoms with E-state index >= 15 is 0 Å². The van der Waals surface area contributed by atoms with E-state index in [1.165, 1.54) is 30.5 Å². The fraction of sp³-hybridized carbons (Fsp3) is 0.625. The van der Waals surface area contributed by atoms with Gasteiger partial charge in [0.15, 0.2) is 0 Å². The molecule has 4 heteroatoms. The van der Waals surface area contributed by atoms with E-state index in [-0.39, 0.29) is 0 Å². The lowest BCUT2D eigenvalue weighted by Crippen LogP contribution is -2.24. The first kappa shape index (κ1) is 14.4. The SMILES string of the molecule is COCC1CCN(c2cc(Br)ccc2CNC2CC2)C1. The Kier molecular flexibility index (Phi) is 4.64. The molecule has 0 aromatic heterocycles. The topological polar surface area (TPSA) is 24.5 Å². The van der Waals surface area contributed by atoms with Crippen molar-refractivity contribution in [3.63, 3.8) is 0 Å². The molecule has 110 valence electrons. The molecule has 1 saturated carbocycles. The maximum atomic E-state index is 5.30. The van der Waals surface area contributed by atoms with Gasteiger partial charge < -0.3 is 15.0 Å². The van der Waals surface area contributed by atoms with Crippen LogP contribution in [0.1, 0.15) is 24.8 Å². The molecule has 1 unspecified atom stereocenters. The third-order valence-electron chi connectivity index (χ3n) is 4.23. The Bertz CT molecular complexity index is 462. The van der Waals surface area contributed by atoms with Crippen molar-refractivity contribution in [1.82, 2.24) is 5.32 Å². The maximum Gasteiger partial charge on any atom is 0.0508 e. The number of hydrogen-bond donors (Lipinski definition) is 1. The van der Waals surface area contributed by atoms with E-state index in [4.69, 9.17) is 4.74 Å². The van der Waals surface area contributed by atoms with Crippen molar-refractivity contribution in [2.75, 3.05) is 31.7 Å². The van der Waals surface area contributed by atoms with Crippen molar-refractivity contribution in [2.24, 2.45) is 5.92 Å². The van der Waals surface area contributed by atoms with Gasteiger partial charge in [0.25, 0.3) is 0 Å². The Labute approximate surface area is 129 Å². The van der Waals surface area contributed by atoms with E-state index in [1.54, 1.807) is 7.11 Å². The van der Waals surface area contributed by atoms with Gasteiger partial charge in [0.1, 0.15) is 0 Å². The molecule has 0 amide bonds. The zero-order chi connectivity index (χ0) is 13.9. The molecular formula is C16H23BrN2O. The maximum absolute atomic E-state index is 5.30. The second kappa shape index (κ2) is 6.46. The number of nitrogens with zero attached hydrogens (tertiary/aromatic N) is 1. The van der Waals surface area contributed by atoms with Crippen molar-refractivity contribution in [2.45, 2.75) is 31.8 Å². The number of ether oxygens (including phenoxy) is 1. The average molecular weight is 339 g/mol. The predicted molar refractivity (Wildman–Crippen MR) is 86.2 cm³/mol. The van der Waals surface area contributed by atoms with Gasteiger partial charge in [-0.1, -0.05) is 22.0 Å². The van der Waals surface area contributed by atoms with Gasteiger partial charge in [-0.15, -0.1) is 0 Å². The third kappa shape index (κ3) is 3.54. The standard InChI is InChI=1S/C16H23BrN2O/c1-20-11-12-6-7-19(10-12)16-8-14(17)3-2-13(16)9-18-15-4-5-15/h2-3,8,12,15,18H,4-7,9-11H2,1H3. The Balaban J connectivity index is 1.71. The molecule has 1 saturated heterocycles. The van der Waals surface area contributed by atoms with Crippen LogP contribution in [0, 0.1) is 5.92 Å². The van der Waals surface area contributed by atoms with Crippen LogP contribution in [0.5, 0.6) is 0 Å². The number of rotatable bonds is 6. The van der Waals surface area contributed by atoms with Gasteiger partial charge in [0, 0.05) is 48.9 Å². The summed E-state index contributed by atoms with van der Waals surface area (Å²) in [4.78, 5) is 2.51. The first-order chi connectivity index (χ1) is 9.76. The Morgan fingerprint density at radius 2 is 2.20 bits per heavy atom. The summed E-state index contributed by atoms with van der Waals surface area (Å²) in [6, 6.07) is 7.42. The molecule has 1 heterocycles.